The molecule has 1 aliphatic rings. The second kappa shape index (κ2) is 9.58. The van der Waals surface area contributed by atoms with Crippen molar-refractivity contribution in [2.24, 2.45) is 11.8 Å². The zero-order valence-corrected chi connectivity index (χ0v) is 13.7. The van der Waals surface area contributed by atoms with E-state index in [1.165, 1.54) is 0 Å². The quantitative estimate of drug-likeness (QED) is 0.529. The molecule has 0 atom stereocenters. The Balaban J connectivity index is 2.23. The predicted octanol–water partition coefficient (Wildman–Crippen LogP) is 2.07. The van der Waals surface area contributed by atoms with Crippen LogP contribution >= 0.6 is 0 Å². The van der Waals surface area contributed by atoms with Gasteiger partial charge in [-0.05, 0) is 12.3 Å². The Morgan fingerprint density at radius 2 is 1.68 bits per heavy atom. The first kappa shape index (κ1) is 18.6. The third-order valence-electron chi connectivity index (χ3n) is 3.01. The average molecular weight is 314 g/mol. The minimum absolute atomic E-state index is 0.247. The van der Waals surface area contributed by atoms with Crippen LogP contribution in [0.2, 0.25) is 0 Å². The summed E-state index contributed by atoms with van der Waals surface area (Å²) in [4.78, 5) is 23.0. The smallest absolute Gasteiger partial charge is 0.331 e. The molecule has 1 rings (SSSR count). The number of ether oxygens (including phenoxy) is 4. The van der Waals surface area contributed by atoms with E-state index < -0.39 is 18.0 Å². The van der Waals surface area contributed by atoms with E-state index in [-0.39, 0.29) is 12.2 Å². The van der Waals surface area contributed by atoms with E-state index in [1.807, 2.05) is 27.7 Å². The molecule has 126 valence electrons. The summed E-state index contributed by atoms with van der Waals surface area (Å²) in [5, 5.41) is 0. The molecule has 0 aromatic heterocycles. The van der Waals surface area contributed by atoms with Crippen LogP contribution in [0.3, 0.4) is 0 Å². The number of carbonyl (C=O) groups excluding carboxylic acids is 2. The molecule has 0 bridgehead atoms. The lowest BCUT2D eigenvalue weighted by Gasteiger charge is -2.30. The van der Waals surface area contributed by atoms with Crippen LogP contribution < -0.4 is 0 Å². The number of rotatable bonds is 7. The van der Waals surface area contributed by atoms with E-state index in [1.54, 1.807) is 0 Å². The van der Waals surface area contributed by atoms with Crippen molar-refractivity contribution < 1.29 is 28.5 Å². The van der Waals surface area contributed by atoms with Gasteiger partial charge in [-0.3, -0.25) is 0 Å². The van der Waals surface area contributed by atoms with Gasteiger partial charge in [0.1, 0.15) is 6.10 Å². The largest absolute Gasteiger partial charge is 0.463 e. The molecule has 6 heteroatoms. The Bertz CT molecular complexity index is 380. The number of esters is 2. The maximum absolute atomic E-state index is 11.6. The lowest BCUT2D eigenvalue weighted by Crippen LogP contribution is -2.40. The third kappa shape index (κ3) is 7.56. The van der Waals surface area contributed by atoms with Gasteiger partial charge in [-0.15, -0.1) is 0 Å². The molecule has 0 spiro atoms. The van der Waals surface area contributed by atoms with Crippen molar-refractivity contribution in [2.45, 2.75) is 46.5 Å². The maximum Gasteiger partial charge on any atom is 0.331 e. The van der Waals surface area contributed by atoms with Gasteiger partial charge in [0.2, 0.25) is 0 Å². The van der Waals surface area contributed by atoms with Crippen LogP contribution in [0.4, 0.5) is 0 Å². The highest BCUT2D eigenvalue weighted by molar-refractivity contribution is 5.91. The summed E-state index contributed by atoms with van der Waals surface area (Å²) in [6.45, 7) is 8.99. The topological polar surface area (TPSA) is 71.1 Å². The molecule has 0 unspecified atom stereocenters. The molecule has 0 saturated carbocycles. The maximum atomic E-state index is 11.6. The van der Waals surface area contributed by atoms with Crippen molar-refractivity contribution in [3.8, 4) is 0 Å². The van der Waals surface area contributed by atoms with Gasteiger partial charge in [0.05, 0.1) is 19.8 Å². The highest BCUT2D eigenvalue weighted by Gasteiger charge is 2.26. The van der Waals surface area contributed by atoms with Crippen molar-refractivity contribution in [1.82, 2.24) is 0 Å². The molecule has 0 amide bonds. The molecule has 1 heterocycles. The molecular formula is C16H26O6. The van der Waals surface area contributed by atoms with Crippen LogP contribution in [0.1, 0.15) is 34.1 Å². The van der Waals surface area contributed by atoms with Crippen LogP contribution in [-0.2, 0) is 28.5 Å². The van der Waals surface area contributed by atoms with Gasteiger partial charge in [0.15, 0.2) is 6.29 Å². The fourth-order valence-corrected chi connectivity index (χ4v) is 1.74. The molecule has 0 aromatic carbocycles. The van der Waals surface area contributed by atoms with E-state index in [0.29, 0.717) is 25.7 Å². The van der Waals surface area contributed by atoms with Crippen LogP contribution in [0.25, 0.3) is 0 Å². The number of carbonyl (C=O) groups is 2. The zero-order chi connectivity index (χ0) is 16.5. The predicted molar refractivity (Wildman–Crippen MR) is 80.0 cm³/mol. The monoisotopic (exact) mass is 314 g/mol. The summed E-state index contributed by atoms with van der Waals surface area (Å²) < 4.78 is 21.0. The first-order valence-corrected chi connectivity index (χ1v) is 7.67. The second-order valence-electron chi connectivity index (χ2n) is 6.02. The molecule has 1 aliphatic heterocycles. The van der Waals surface area contributed by atoms with Crippen LogP contribution in [0.5, 0.6) is 0 Å². The first-order chi connectivity index (χ1) is 10.4. The molecule has 0 N–H and O–H groups in total. The highest BCUT2D eigenvalue weighted by atomic mass is 16.7. The van der Waals surface area contributed by atoms with Gasteiger partial charge in [0.25, 0.3) is 0 Å². The molecule has 22 heavy (non-hydrogen) atoms. The normalized spacial score (nSPS) is 22.3. The standard InChI is InChI=1S/C16H26O6/c1-11(2)7-8-19-14(17)5-6-15(18)22-13-9-20-16(12(3)4)21-10-13/h5-6,11-13,16H,7-10H2,1-4H3. The lowest BCUT2D eigenvalue weighted by molar-refractivity contribution is -0.238. The SMILES string of the molecule is CC(C)CCOC(=O)C=CC(=O)OC1COC(C(C)C)OC1. The lowest BCUT2D eigenvalue weighted by atomic mass is 10.1. The summed E-state index contributed by atoms with van der Waals surface area (Å²) >= 11 is 0. The summed E-state index contributed by atoms with van der Waals surface area (Å²) in [5.41, 5.74) is 0. The Hall–Kier alpha value is -1.40. The van der Waals surface area contributed by atoms with E-state index in [0.717, 1.165) is 18.6 Å². The van der Waals surface area contributed by atoms with Crippen molar-refractivity contribution in [1.29, 1.82) is 0 Å². The molecule has 0 aromatic rings. The van der Waals surface area contributed by atoms with Crippen molar-refractivity contribution in [3.05, 3.63) is 12.2 Å². The van der Waals surface area contributed by atoms with Crippen molar-refractivity contribution in [3.63, 3.8) is 0 Å². The van der Waals surface area contributed by atoms with Crippen LogP contribution in [-0.4, -0.2) is 44.2 Å². The fraction of sp³-hybridized carbons (Fsp3) is 0.750. The van der Waals surface area contributed by atoms with E-state index in [4.69, 9.17) is 18.9 Å². The van der Waals surface area contributed by atoms with Gasteiger partial charge in [-0.25, -0.2) is 9.59 Å². The summed E-state index contributed by atoms with van der Waals surface area (Å²) in [5.74, 6) is -0.450. The average Bonchev–Trinajstić information content (AvgIpc) is 2.45. The molecule has 1 fully saturated rings. The van der Waals surface area contributed by atoms with Gasteiger partial charge in [-0.2, -0.15) is 0 Å². The minimum Gasteiger partial charge on any atom is -0.463 e. The Kier molecular flexibility index (Phi) is 8.12. The molecule has 0 aliphatic carbocycles. The molecule has 0 radical (unpaired) electrons. The Morgan fingerprint density at radius 1 is 1.09 bits per heavy atom. The highest BCUT2D eigenvalue weighted by Crippen LogP contribution is 2.15. The summed E-state index contributed by atoms with van der Waals surface area (Å²) in [6.07, 6.45) is 2.21. The number of hydrogen-bond acceptors (Lipinski definition) is 6. The Labute approximate surface area is 131 Å². The fourth-order valence-electron chi connectivity index (χ4n) is 1.74. The van der Waals surface area contributed by atoms with E-state index in [9.17, 15) is 9.59 Å². The second-order valence-corrected chi connectivity index (χ2v) is 6.02. The van der Waals surface area contributed by atoms with Crippen molar-refractivity contribution >= 4 is 11.9 Å². The van der Waals surface area contributed by atoms with Crippen LogP contribution in [0, 0.1) is 11.8 Å². The number of hydrogen-bond donors (Lipinski definition) is 0. The molecule has 6 nitrogen and oxygen atoms in total. The molecular weight excluding hydrogens is 288 g/mol. The van der Waals surface area contributed by atoms with E-state index in [2.05, 4.69) is 0 Å². The van der Waals surface area contributed by atoms with Gasteiger partial charge in [0, 0.05) is 18.1 Å². The summed E-state index contributed by atoms with van der Waals surface area (Å²) in [7, 11) is 0. The molecule has 1 saturated heterocycles. The first-order valence-electron chi connectivity index (χ1n) is 7.67. The van der Waals surface area contributed by atoms with Crippen LogP contribution in [0.15, 0.2) is 12.2 Å². The van der Waals surface area contributed by atoms with Gasteiger partial charge >= 0.3 is 11.9 Å². The van der Waals surface area contributed by atoms with E-state index >= 15 is 0 Å². The zero-order valence-electron chi connectivity index (χ0n) is 13.7. The van der Waals surface area contributed by atoms with Gasteiger partial charge < -0.3 is 18.9 Å². The summed E-state index contributed by atoms with van der Waals surface area (Å²) in [6, 6.07) is 0. The van der Waals surface area contributed by atoms with Crippen molar-refractivity contribution in [2.75, 3.05) is 19.8 Å². The third-order valence-corrected chi connectivity index (χ3v) is 3.01. The Morgan fingerprint density at radius 3 is 2.23 bits per heavy atom. The van der Waals surface area contributed by atoms with Gasteiger partial charge in [-0.1, -0.05) is 27.7 Å². The minimum atomic E-state index is -0.610.